The van der Waals surface area contributed by atoms with Crippen LogP contribution in [0.15, 0.2) is 48.5 Å². The van der Waals surface area contributed by atoms with E-state index < -0.39 is 0 Å². The average molecular weight is 382 g/mol. The van der Waals surface area contributed by atoms with Gasteiger partial charge < -0.3 is 5.32 Å². The lowest BCUT2D eigenvalue weighted by atomic mass is 10.0. The van der Waals surface area contributed by atoms with Crippen molar-refractivity contribution in [3.8, 4) is 16.9 Å². The van der Waals surface area contributed by atoms with E-state index in [1.807, 2.05) is 38.1 Å². The second-order valence-electron chi connectivity index (χ2n) is 6.88. The highest BCUT2D eigenvalue weighted by Crippen LogP contribution is 2.24. The largest absolute Gasteiger partial charge is 0.348 e. The van der Waals surface area contributed by atoms with Crippen molar-refractivity contribution in [2.45, 2.75) is 40.2 Å². The SMILES string of the molecule is CCC(C)NC(=O)c1cc(-c2ccc(C)c(C)c2)nn1-c1ccc(Cl)cc1. The van der Waals surface area contributed by atoms with Crippen molar-refractivity contribution in [3.63, 3.8) is 0 Å². The summed E-state index contributed by atoms with van der Waals surface area (Å²) in [7, 11) is 0. The lowest BCUT2D eigenvalue weighted by Gasteiger charge is -2.12. The van der Waals surface area contributed by atoms with Crippen LogP contribution in [-0.2, 0) is 0 Å². The Morgan fingerprint density at radius 2 is 1.81 bits per heavy atom. The fourth-order valence-electron chi connectivity index (χ4n) is 2.76. The molecule has 0 aliphatic carbocycles. The molecule has 2 aromatic carbocycles. The third-order valence-corrected chi connectivity index (χ3v) is 5.06. The van der Waals surface area contributed by atoms with Crippen LogP contribution in [0, 0.1) is 13.8 Å². The van der Waals surface area contributed by atoms with Crippen molar-refractivity contribution in [2.24, 2.45) is 0 Å². The molecule has 1 N–H and O–H groups in total. The number of hydrogen-bond acceptors (Lipinski definition) is 2. The number of nitrogens with one attached hydrogen (secondary N) is 1. The standard InChI is InChI=1S/C22H24ClN3O/c1-5-16(4)24-22(27)21-13-20(17-7-6-14(2)15(3)12-17)25-26(21)19-10-8-18(23)9-11-19/h6-13,16H,5H2,1-4H3,(H,24,27). The predicted molar refractivity (Wildman–Crippen MR) is 111 cm³/mol. The van der Waals surface area contributed by atoms with E-state index >= 15 is 0 Å². The molecule has 0 aliphatic heterocycles. The summed E-state index contributed by atoms with van der Waals surface area (Å²) in [5.41, 5.74) is 5.48. The first-order chi connectivity index (χ1) is 12.9. The van der Waals surface area contributed by atoms with E-state index in [0.717, 1.165) is 23.4 Å². The highest BCUT2D eigenvalue weighted by atomic mass is 35.5. The highest BCUT2D eigenvalue weighted by molar-refractivity contribution is 6.30. The van der Waals surface area contributed by atoms with Gasteiger partial charge in [-0.05, 0) is 74.7 Å². The summed E-state index contributed by atoms with van der Waals surface area (Å²) in [6.07, 6.45) is 0.866. The van der Waals surface area contributed by atoms with Gasteiger partial charge in [0.2, 0.25) is 0 Å². The Kier molecular flexibility index (Phi) is 5.66. The van der Waals surface area contributed by atoms with Gasteiger partial charge in [-0.3, -0.25) is 4.79 Å². The molecule has 1 amide bonds. The van der Waals surface area contributed by atoms with Crippen molar-refractivity contribution >= 4 is 17.5 Å². The second-order valence-corrected chi connectivity index (χ2v) is 7.32. The lowest BCUT2D eigenvalue weighted by Crippen LogP contribution is -2.33. The molecule has 0 radical (unpaired) electrons. The molecule has 0 fully saturated rings. The molecule has 1 aromatic heterocycles. The normalized spacial score (nSPS) is 12.0. The van der Waals surface area contributed by atoms with Gasteiger partial charge in [0.25, 0.3) is 5.91 Å². The minimum atomic E-state index is -0.137. The zero-order chi connectivity index (χ0) is 19.6. The summed E-state index contributed by atoms with van der Waals surface area (Å²) < 4.78 is 1.68. The summed E-state index contributed by atoms with van der Waals surface area (Å²) in [6, 6.07) is 15.5. The first kappa shape index (κ1) is 19.2. The first-order valence-electron chi connectivity index (χ1n) is 9.13. The second kappa shape index (κ2) is 7.97. The number of carbonyl (C=O) groups excluding carboxylic acids is 1. The van der Waals surface area contributed by atoms with Crippen LogP contribution in [0.25, 0.3) is 16.9 Å². The number of benzene rings is 2. The third-order valence-electron chi connectivity index (χ3n) is 4.81. The smallest absolute Gasteiger partial charge is 0.270 e. The van der Waals surface area contributed by atoms with E-state index in [1.54, 1.807) is 16.8 Å². The van der Waals surface area contributed by atoms with Crippen molar-refractivity contribution in [3.05, 3.63) is 70.4 Å². The molecule has 0 aliphatic rings. The molecule has 5 heteroatoms. The molecular weight excluding hydrogens is 358 g/mol. The molecule has 0 bridgehead atoms. The van der Waals surface area contributed by atoms with Gasteiger partial charge >= 0.3 is 0 Å². The number of aryl methyl sites for hydroxylation is 2. The summed E-state index contributed by atoms with van der Waals surface area (Å²) in [6.45, 7) is 8.19. The molecule has 0 saturated carbocycles. The molecule has 3 aromatic rings. The predicted octanol–water partition coefficient (Wildman–Crippen LogP) is 5.34. The van der Waals surface area contributed by atoms with Crippen LogP contribution in [0.5, 0.6) is 0 Å². The van der Waals surface area contributed by atoms with E-state index in [2.05, 4.69) is 31.3 Å². The van der Waals surface area contributed by atoms with E-state index in [9.17, 15) is 4.79 Å². The van der Waals surface area contributed by atoms with Gasteiger partial charge in [0.1, 0.15) is 5.69 Å². The van der Waals surface area contributed by atoms with Crippen LogP contribution >= 0.6 is 11.6 Å². The summed E-state index contributed by atoms with van der Waals surface area (Å²) >= 11 is 6.01. The Morgan fingerprint density at radius 1 is 1.11 bits per heavy atom. The monoisotopic (exact) mass is 381 g/mol. The number of aromatic nitrogens is 2. The minimum absolute atomic E-state index is 0.0936. The summed E-state index contributed by atoms with van der Waals surface area (Å²) in [4.78, 5) is 12.8. The lowest BCUT2D eigenvalue weighted by molar-refractivity contribution is 0.0931. The molecule has 140 valence electrons. The molecule has 0 spiro atoms. The van der Waals surface area contributed by atoms with E-state index in [4.69, 9.17) is 16.7 Å². The van der Waals surface area contributed by atoms with Gasteiger partial charge in [-0.15, -0.1) is 0 Å². The molecule has 1 heterocycles. The van der Waals surface area contributed by atoms with E-state index in [-0.39, 0.29) is 11.9 Å². The van der Waals surface area contributed by atoms with Crippen molar-refractivity contribution in [2.75, 3.05) is 0 Å². The topological polar surface area (TPSA) is 46.9 Å². The Hall–Kier alpha value is -2.59. The molecule has 27 heavy (non-hydrogen) atoms. The quantitative estimate of drug-likeness (QED) is 0.648. The Bertz CT molecular complexity index is 960. The minimum Gasteiger partial charge on any atom is -0.348 e. The number of carbonyl (C=O) groups is 1. The van der Waals surface area contributed by atoms with Gasteiger partial charge in [-0.2, -0.15) is 5.10 Å². The van der Waals surface area contributed by atoms with Crippen LogP contribution in [0.4, 0.5) is 0 Å². The maximum Gasteiger partial charge on any atom is 0.270 e. The van der Waals surface area contributed by atoms with Crippen molar-refractivity contribution in [1.82, 2.24) is 15.1 Å². The highest BCUT2D eigenvalue weighted by Gasteiger charge is 2.19. The van der Waals surface area contributed by atoms with Gasteiger partial charge in [0.05, 0.1) is 11.4 Å². The number of nitrogens with zero attached hydrogens (tertiary/aromatic N) is 2. The van der Waals surface area contributed by atoms with Crippen LogP contribution in [0.1, 0.15) is 41.9 Å². The Morgan fingerprint density at radius 3 is 2.44 bits per heavy atom. The van der Waals surface area contributed by atoms with Crippen molar-refractivity contribution < 1.29 is 4.79 Å². The molecule has 3 rings (SSSR count). The Balaban J connectivity index is 2.09. The Labute approximate surface area is 165 Å². The fraction of sp³-hybridized carbons (Fsp3) is 0.273. The number of amides is 1. The zero-order valence-electron chi connectivity index (χ0n) is 16.1. The molecule has 1 unspecified atom stereocenters. The molecular formula is C22H24ClN3O. The number of hydrogen-bond donors (Lipinski definition) is 1. The fourth-order valence-corrected chi connectivity index (χ4v) is 2.89. The van der Waals surface area contributed by atoms with E-state index in [1.165, 1.54) is 11.1 Å². The zero-order valence-corrected chi connectivity index (χ0v) is 16.8. The van der Waals surface area contributed by atoms with Gasteiger partial charge in [-0.25, -0.2) is 4.68 Å². The maximum absolute atomic E-state index is 12.8. The summed E-state index contributed by atoms with van der Waals surface area (Å²) in [5, 5.41) is 8.39. The molecule has 4 nitrogen and oxygen atoms in total. The van der Waals surface area contributed by atoms with E-state index in [0.29, 0.717) is 10.7 Å². The van der Waals surface area contributed by atoms with Gasteiger partial charge in [-0.1, -0.05) is 30.7 Å². The number of rotatable bonds is 5. The average Bonchev–Trinajstić information content (AvgIpc) is 3.10. The third kappa shape index (κ3) is 4.22. The van der Waals surface area contributed by atoms with Crippen molar-refractivity contribution in [1.29, 1.82) is 0 Å². The summed E-state index contributed by atoms with van der Waals surface area (Å²) in [5.74, 6) is -0.137. The van der Waals surface area contributed by atoms with Crippen LogP contribution in [0.3, 0.4) is 0 Å². The van der Waals surface area contributed by atoms with Crippen LogP contribution in [-0.4, -0.2) is 21.7 Å². The van der Waals surface area contributed by atoms with Crippen LogP contribution in [0.2, 0.25) is 5.02 Å². The van der Waals surface area contributed by atoms with Gasteiger partial charge in [0.15, 0.2) is 0 Å². The number of halogens is 1. The van der Waals surface area contributed by atoms with Crippen LogP contribution < -0.4 is 5.32 Å². The first-order valence-corrected chi connectivity index (χ1v) is 9.51. The maximum atomic E-state index is 12.8. The molecule has 1 atom stereocenters. The van der Waals surface area contributed by atoms with Gasteiger partial charge in [0, 0.05) is 16.6 Å². The molecule has 0 saturated heterocycles.